The summed E-state index contributed by atoms with van der Waals surface area (Å²) >= 11 is 6.03. The van der Waals surface area contributed by atoms with E-state index < -0.39 is 0 Å². The number of benzene rings is 2. The summed E-state index contributed by atoms with van der Waals surface area (Å²) in [5, 5.41) is 0.643. The standard InChI is InChI=1S/C22H25ClN2O/c1-21(2,3)14-22(4,5)24-19-17-8-6-7-9-18(17)20(26)25(19)16-12-10-15(23)11-13-16/h6-13H,14H2,1-5H3. The predicted molar refractivity (Wildman–Crippen MR) is 109 cm³/mol. The second kappa shape index (κ2) is 6.55. The average molecular weight is 369 g/mol. The number of carbonyl (C=O) groups excluding carboxylic acids is 1. The van der Waals surface area contributed by atoms with Crippen LogP contribution in [0.2, 0.25) is 5.02 Å². The van der Waals surface area contributed by atoms with Crippen LogP contribution in [-0.2, 0) is 0 Å². The van der Waals surface area contributed by atoms with Crippen molar-refractivity contribution in [3.05, 3.63) is 64.7 Å². The number of hydrogen-bond acceptors (Lipinski definition) is 2. The molecule has 0 bridgehead atoms. The van der Waals surface area contributed by atoms with Crippen LogP contribution < -0.4 is 4.90 Å². The van der Waals surface area contributed by atoms with Crippen LogP contribution in [0.15, 0.2) is 53.5 Å². The van der Waals surface area contributed by atoms with Crippen LogP contribution in [0, 0.1) is 5.41 Å². The smallest absolute Gasteiger partial charge is 0.264 e. The molecule has 1 aliphatic heterocycles. The first-order valence-corrected chi connectivity index (χ1v) is 9.24. The molecule has 2 aromatic carbocycles. The number of fused-ring (bicyclic) bond motifs is 1. The van der Waals surface area contributed by atoms with Gasteiger partial charge in [0.2, 0.25) is 0 Å². The van der Waals surface area contributed by atoms with Crippen LogP contribution in [0.25, 0.3) is 0 Å². The number of aliphatic imine (C=N–C) groups is 1. The summed E-state index contributed by atoms with van der Waals surface area (Å²) in [6.07, 6.45) is 0.911. The third kappa shape index (κ3) is 3.83. The molecule has 4 heteroatoms. The topological polar surface area (TPSA) is 32.7 Å². The fourth-order valence-corrected chi connectivity index (χ4v) is 3.89. The van der Waals surface area contributed by atoms with Gasteiger partial charge in [0.05, 0.1) is 16.8 Å². The number of anilines is 1. The summed E-state index contributed by atoms with van der Waals surface area (Å²) in [5.41, 5.74) is 2.19. The lowest BCUT2D eigenvalue weighted by Gasteiger charge is -2.30. The Bertz CT molecular complexity index is 860. The Balaban J connectivity index is 2.13. The van der Waals surface area contributed by atoms with Gasteiger partial charge in [-0.05, 0) is 56.0 Å². The molecule has 0 saturated carbocycles. The molecule has 3 nitrogen and oxygen atoms in total. The fraction of sp³-hybridized carbons (Fsp3) is 0.364. The monoisotopic (exact) mass is 368 g/mol. The Hall–Kier alpha value is -2.13. The van der Waals surface area contributed by atoms with Crippen molar-refractivity contribution in [2.75, 3.05) is 4.90 Å². The molecule has 0 radical (unpaired) electrons. The maximum absolute atomic E-state index is 13.1. The number of amides is 1. The van der Waals surface area contributed by atoms with Crippen molar-refractivity contribution in [3.8, 4) is 0 Å². The molecular weight excluding hydrogens is 344 g/mol. The maximum Gasteiger partial charge on any atom is 0.264 e. The Morgan fingerprint density at radius 1 is 0.923 bits per heavy atom. The largest absolute Gasteiger partial charge is 0.268 e. The highest BCUT2D eigenvalue weighted by Gasteiger charge is 2.36. The summed E-state index contributed by atoms with van der Waals surface area (Å²) in [7, 11) is 0. The van der Waals surface area contributed by atoms with E-state index in [-0.39, 0.29) is 16.9 Å². The quantitative estimate of drug-likeness (QED) is 0.657. The third-order valence-electron chi connectivity index (χ3n) is 4.27. The zero-order valence-electron chi connectivity index (χ0n) is 16.0. The minimum absolute atomic E-state index is 0.0479. The van der Waals surface area contributed by atoms with E-state index in [4.69, 9.17) is 16.6 Å². The average Bonchev–Trinajstić information content (AvgIpc) is 2.79. The Kier molecular flexibility index (Phi) is 4.70. The normalized spacial score (nSPS) is 16.3. The van der Waals surface area contributed by atoms with E-state index in [0.29, 0.717) is 16.4 Å². The molecule has 1 aliphatic rings. The maximum atomic E-state index is 13.1. The van der Waals surface area contributed by atoms with E-state index in [1.54, 1.807) is 17.0 Å². The summed E-state index contributed by atoms with van der Waals surface area (Å²) < 4.78 is 0. The zero-order valence-corrected chi connectivity index (χ0v) is 16.8. The highest BCUT2D eigenvalue weighted by atomic mass is 35.5. The summed E-state index contributed by atoms with van der Waals surface area (Å²) in [4.78, 5) is 19.8. The van der Waals surface area contributed by atoms with Gasteiger partial charge < -0.3 is 0 Å². The van der Waals surface area contributed by atoms with Crippen molar-refractivity contribution < 1.29 is 4.79 Å². The summed E-state index contributed by atoms with van der Waals surface area (Å²) in [6, 6.07) is 15.0. The SMILES string of the molecule is CC(C)(C)CC(C)(C)N=C1c2ccccc2C(=O)N1c1ccc(Cl)cc1. The zero-order chi connectivity index (χ0) is 19.1. The van der Waals surface area contributed by atoms with Crippen LogP contribution in [0.4, 0.5) is 5.69 Å². The van der Waals surface area contributed by atoms with Gasteiger partial charge in [0.1, 0.15) is 5.84 Å². The lowest BCUT2D eigenvalue weighted by Crippen LogP contribution is -2.34. The van der Waals surface area contributed by atoms with Gasteiger partial charge in [0.15, 0.2) is 0 Å². The van der Waals surface area contributed by atoms with Crippen LogP contribution in [0.1, 0.15) is 57.0 Å². The van der Waals surface area contributed by atoms with Gasteiger partial charge in [-0.2, -0.15) is 0 Å². The minimum Gasteiger partial charge on any atom is -0.268 e. The van der Waals surface area contributed by atoms with Gasteiger partial charge in [-0.25, -0.2) is 0 Å². The van der Waals surface area contributed by atoms with E-state index in [9.17, 15) is 4.79 Å². The number of carbonyl (C=O) groups is 1. The molecule has 2 aromatic rings. The van der Waals surface area contributed by atoms with Crippen LogP contribution in [0.5, 0.6) is 0 Å². The first-order valence-electron chi connectivity index (χ1n) is 8.87. The summed E-state index contributed by atoms with van der Waals surface area (Å²) in [6.45, 7) is 10.9. The number of rotatable bonds is 3. The molecule has 3 rings (SSSR count). The number of amidine groups is 1. The van der Waals surface area contributed by atoms with E-state index in [1.165, 1.54) is 0 Å². The van der Waals surface area contributed by atoms with Gasteiger partial charge in [-0.3, -0.25) is 14.7 Å². The molecular formula is C22H25ClN2O. The molecule has 26 heavy (non-hydrogen) atoms. The molecule has 0 aliphatic carbocycles. The predicted octanol–water partition coefficient (Wildman–Crippen LogP) is 5.96. The van der Waals surface area contributed by atoms with Crippen molar-refractivity contribution in [2.24, 2.45) is 10.4 Å². The van der Waals surface area contributed by atoms with E-state index in [2.05, 4.69) is 34.6 Å². The molecule has 0 unspecified atom stereocenters. The highest BCUT2D eigenvalue weighted by molar-refractivity contribution is 6.36. The van der Waals surface area contributed by atoms with Crippen molar-refractivity contribution in [1.82, 2.24) is 0 Å². The van der Waals surface area contributed by atoms with Gasteiger partial charge in [-0.15, -0.1) is 0 Å². The lowest BCUT2D eigenvalue weighted by molar-refractivity contribution is 0.101. The Labute approximate surface area is 160 Å². The number of halogens is 1. The van der Waals surface area contributed by atoms with E-state index >= 15 is 0 Å². The molecule has 0 aromatic heterocycles. The van der Waals surface area contributed by atoms with Crippen molar-refractivity contribution in [2.45, 2.75) is 46.6 Å². The van der Waals surface area contributed by atoms with Gasteiger partial charge in [-0.1, -0.05) is 50.6 Å². The van der Waals surface area contributed by atoms with Crippen molar-refractivity contribution >= 4 is 29.0 Å². The van der Waals surface area contributed by atoms with Gasteiger partial charge >= 0.3 is 0 Å². The van der Waals surface area contributed by atoms with Crippen LogP contribution >= 0.6 is 11.6 Å². The van der Waals surface area contributed by atoms with E-state index in [0.717, 1.165) is 17.7 Å². The van der Waals surface area contributed by atoms with Crippen molar-refractivity contribution in [3.63, 3.8) is 0 Å². The Morgan fingerprint density at radius 3 is 2.08 bits per heavy atom. The second-order valence-electron chi connectivity index (χ2n) is 8.65. The van der Waals surface area contributed by atoms with Crippen LogP contribution in [-0.4, -0.2) is 17.3 Å². The highest BCUT2D eigenvalue weighted by Crippen LogP contribution is 2.34. The molecule has 1 heterocycles. The first kappa shape index (κ1) is 18.7. The molecule has 136 valence electrons. The molecule has 0 saturated heterocycles. The molecule has 0 fully saturated rings. The third-order valence-corrected chi connectivity index (χ3v) is 4.52. The Morgan fingerprint density at radius 2 is 1.50 bits per heavy atom. The number of hydrogen-bond donors (Lipinski definition) is 0. The van der Waals surface area contributed by atoms with Crippen LogP contribution in [0.3, 0.4) is 0 Å². The number of nitrogens with zero attached hydrogens (tertiary/aromatic N) is 2. The summed E-state index contributed by atoms with van der Waals surface area (Å²) in [5.74, 6) is 0.662. The van der Waals surface area contributed by atoms with Gasteiger partial charge in [0.25, 0.3) is 5.91 Å². The van der Waals surface area contributed by atoms with E-state index in [1.807, 2.05) is 36.4 Å². The minimum atomic E-state index is -0.296. The molecule has 0 N–H and O–H groups in total. The molecule has 0 spiro atoms. The lowest BCUT2D eigenvalue weighted by atomic mass is 9.82. The molecule has 0 atom stereocenters. The van der Waals surface area contributed by atoms with Gasteiger partial charge in [0, 0.05) is 10.6 Å². The fourth-order valence-electron chi connectivity index (χ4n) is 3.77. The first-order chi connectivity index (χ1) is 12.1. The van der Waals surface area contributed by atoms with Crippen molar-refractivity contribution in [1.29, 1.82) is 0 Å². The molecule has 1 amide bonds. The second-order valence-corrected chi connectivity index (χ2v) is 9.08.